The van der Waals surface area contributed by atoms with Gasteiger partial charge in [-0.1, -0.05) is 33.1 Å². The maximum Gasteiger partial charge on any atom is 0.225 e. The van der Waals surface area contributed by atoms with Gasteiger partial charge in [-0.3, -0.25) is 4.79 Å². The van der Waals surface area contributed by atoms with E-state index in [1.807, 2.05) is 11.8 Å². The molecule has 19 heavy (non-hydrogen) atoms. The van der Waals surface area contributed by atoms with E-state index >= 15 is 0 Å². The number of amides is 1. The van der Waals surface area contributed by atoms with Crippen LogP contribution in [-0.2, 0) is 4.79 Å². The summed E-state index contributed by atoms with van der Waals surface area (Å²) in [6.45, 7) is 7.79. The van der Waals surface area contributed by atoms with Crippen molar-refractivity contribution in [3.05, 3.63) is 0 Å². The third kappa shape index (κ3) is 5.13. The van der Waals surface area contributed by atoms with Crippen LogP contribution in [0.3, 0.4) is 0 Å². The maximum atomic E-state index is 12.5. The molecule has 1 aliphatic heterocycles. The quantitative estimate of drug-likeness (QED) is 0.721. The number of carbonyl (C=O) groups excluding carboxylic acids is 1. The molecule has 1 fully saturated rings. The Balaban J connectivity index is 2.49. The summed E-state index contributed by atoms with van der Waals surface area (Å²) in [6, 6.07) is 0. The predicted molar refractivity (Wildman–Crippen MR) is 78.9 cm³/mol. The highest BCUT2D eigenvalue weighted by atomic mass is 16.3. The van der Waals surface area contributed by atoms with Gasteiger partial charge in [0, 0.05) is 24.9 Å². The summed E-state index contributed by atoms with van der Waals surface area (Å²) in [5.74, 6) is 0.786. The van der Waals surface area contributed by atoms with E-state index in [4.69, 9.17) is 0 Å². The van der Waals surface area contributed by atoms with Crippen LogP contribution in [-0.4, -0.2) is 35.1 Å². The molecule has 3 unspecified atom stereocenters. The molecule has 1 N–H and O–H groups in total. The Kier molecular flexibility index (Phi) is 7.44. The zero-order valence-electron chi connectivity index (χ0n) is 12.9. The molecular formula is C16H31NO2. The van der Waals surface area contributed by atoms with E-state index < -0.39 is 0 Å². The molecule has 0 bridgehead atoms. The molecule has 0 aromatic rings. The lowest BCUT2D eigenvalue weighted by Crippen LogP contribution is -2.45. The normalized spacial score (nSPS) is 23.2. The van der Waals surface area contributed by atoms with Gasteiger partial charge in [0.05, 0.1) is 6.10 Å². The molecule has 112 valence electrons. The Morgan fingerprint density at radius 2 is 2.11 bits per heavy atom. The molecule has 0 aliphatic carbocycles. The average Bonchev–Trinajstić information content (AvgIpc) is 2.43. The monoisotopic (exact) mass is 269 g/mol. The average molecular weight is 269 g/mol. The summed E-state index contributed by atoms with van der Waals surface area (Å²) in [5, 5.41) is 9.71. The number of hydrogen-bond donors (Lipinski definition) is 1. The minimum Gasteiger partial charge on any atom is -0.393 e. The van der Waals surface area contributed by atoms with Crippen LogP contribution in [0.2, 0.25) is 0 Å². The number of aliphatic hydroxyl groups excluding tert-OH is 1. The van der Waals surface area contributed by atoms with Crippen molar-refractivity contribution in [2.45, 2.75) is 71.8 Å². The zero-order chi connectivity index (χ0) is 14.3. The van der Waals surface area contributed by atoms with Crippen molar-refractivity contribution >= 4 is 5.91 Å². The minimum absolute atomic E-state index is 0.194. The third-order valence-electron chi connectivity index (χ3n) is 4.45. The smallest absolute Gasteiger partial charge is 0.225 e. The standard InChI is InChI=1S/C16H31NO2/c1-4-6-7-9-14(5-2)16(19)17-11-8-10-15(12-17)13(3)18/h13-15,18H,4-12H2,1-3H3. The topological polar surface area (TPSA) is 40.5 Å². The van der Waals surface area contributed by atoms with Gasteiger partial charge in [-0.15, -0.1) is 0 Å². The summed E-state index contributed by atoms with van der Waals surface area (Å²) >= 11 is 0. The van der Waals surface area contributed by atoms with Crippen LogP contribution in [0, 0.1) is 11.8 Å². The first-order chi connectivity index (χ1) is 9.10. The van der Waals surface area contributed by atoms with Gasteiger partial charge < -0.3 is 10.0 Å². The minimum atomic E-state index is -0.296. The van der Waals surface area contributed by atoms with Crippen molar-refractivity contribution in [2.75, 3.05) is 13.1 Å². The number of nitrogens with zero attached hydrogens (tertiary/aromatic N) is 1. The molecule has 0 aromatic carbocycles. The highest BCUT2D eigenvalue weighted by molar-refractivity contribution is 5.78. The van der Waals surface area contributed by atoms with Crippen molar-refractivity contribution in [3.63, 3.8) is 0 Å². The molecule has 3 atom stereocenters. The number of rotatable bonds is 7. The van der Waals surface area contributed by atoms with E-state index in [9.17, 15) is 9.90 Å². The van der Waals surface area contributed by atoms with Crippen molar-refractivity contribution in [1.29, 1.82) is 0 Å². The van der Waals surface area contributed by atoms with Crippen LogP contribution >= 0.6 is 0 Å². The zero-order valence-corrected chi connectivity index (χ0v) is 12.9. The Labute approximate surface area is 118 Å². The van der Waals surface area contributed by atoms with E-state index in [-0.39, 0.29) is 17.9 Å². The highest BCUT2D eigenvalue weighted by Gasteiger charge is 2.29. The van der Waals surface area contributed by atoms with E-state index in [2.05, 4.69) is 13.8 Å². The predicted octanol–water partition coefficient (Wildman–Crippen LogP) is 3.21. The third-order valence-corrected chi connectivity index (χ3v) is 4.45. The Morgan fingerprint density at radius 1 is 1.37 bits per heavy atom. The van der Waals surface area contributed by atoms with Crippen molar-refractivity contribution in [1.82, 2.24) is 4.90 Å². The number of hydrogen-bond acceptors (Lipinski definition) is 2. The Morgan fingerprint density at radius 3 is 2.68 bits per heavy atom. The van der Waals surface area contributed by atoms with Gasteiger partial charge in [-0.25, -0.2) is 0 Å². The molecule has 0 spiro atoms. The molecule has 0 saturated carbocycles. The van der Waals surface area contributed by atoms with Crippen molar-refractivity contribution in [3.8, 4) is 0 Å². The molecule has 0 radical (unpaired) electrons. The van der Waals surface area contributed by atoms with Crippen LogP contribution < -0.4 is 0 Å². The van der Waals surface area contributed by atoms with Crippen LogP contribution in [0.5, 0.6) is 0 Å². The van der Waals surface area contributed by atoms with E-state index in [0.717, 1.165) is 45.2 Å². The van der Waals surface area contributed by atoms with Crippen LogP contribution in [0.4, 0.5) is 0 Å². The van der Waals surface area contributed by atoms with E-state index in [0.29, 0.717) is 5.91 Å². The molecule has 3 nitrogen and oxygen atoms in total. The lowest BCUT2D eigenvalue weighted by atomic mass is 9.91. The van der Waals surface area contributed by atoms with Crippen molar-refractivity contribution < 1.29 is 9.90 Å². The molecule has 3 heteroatoms. The molecule has 0 aromatic heterocycles. The second-order valence-electron chi connectivity index (χ2n) is 6.03. The molecule has 1 rings (SSSR count). The van der Waals surface area contributed by atoms with Gasteiger partial charge in [0.2, 0.25) is 5.91 Å². The number of likely N-dealkylation sites (tertiary alicyclic amines) is 1. The second-order valence-corrected chi connectivity index (χ2v) is 6.03. The number of piperidine rings is 1. The molecule has 1 amide bonds. The Bertz CT molecular complexity index is 265. The molecule has 1 saturated heterocycles. The largest absolute Gasteiger partial charge is 0.393 e. The first kappa shape index (κ1) is 16.5. The summed E-state index contributed by atoms with van der Waals surface area (Å²) < 4.78 is 0. The van der Waals surface area contributed by atoms with Gasteiger partial charge in [0.25, 0.3) is 0 Å². The SMILES string of the molecule is CCCCCC(CC)C(=O)N1CCCC(C(C)O)C1. The van der Waals surface area contributed by atoms with Gasteiger partial charge in [-0.2, -0.15) is 0 Å². The van der Waals surface area contributed by atoms with Gasteiger partial charge in [0.1, 0.15) is 0 Å². The van der Waals surface area contributed by atoms with E-state index in [1.54, 1.807) is 0 Å². The lowest BCUT2D eigenvalue weighted by molar-refractivity contribution is -0.138. The van der Waals surface area contributed by atoms with Gasteiger partial charge in [-0.05, 0) is 32.6 Å². The van der Waals surface area contributed by atoms with Crippen LogP contribution in [0.15, 0.2) is 0 Å². The molecular weight excluding hydrogens is 238 g/mol. The highest BCUT2D eigenvalue weighted by Crippen LogP contribution is 2.23. The summed E-state index contributed by atoms with van der Waals surface area (Å²) in [4.78, 5) is 14.5. The molecule has 1 aliphatic rings. The summed E-state index contributed by atoms with van der Waals surface area (Å²) in [5.41, 5.74) is 0. The first-order valence-corrected chi connectivity index (χ1v) is 8.06. The van der Waals surface area contributed by atoms with Crippen molar-refractivity contribution in [2.24, 2.45) is 11.8 Å². The van der Waals surface area contributed by atoms with Gasteiger partial charge >= 0.3 is 0 Å². The fraction of sp³-hybridized carbons (Fsp3) is 0.938. The lowest BCUT2D eigenvalue weighted by Gasteiger charge is -2.36. The number of aliphatic hydroxyl groups is 1. The first-order valence-electron chi connectivity index (χ1n) is 8.06. The van der Waals surface area contributed by atoms with E-state index in [1.165, 1.54) is 12.8 Å². The second kappa shape index (κ2) is 8.57. The van der Waals surface area contributed by atoms with Gasteiger partial charge in [0.15, 0.2) is 0 Å². The van der Waals surface area contributed by atoms with Crippen LogP contribution in [0.25, 0.3) is 0 Å². The number of unbranched alkanes of at least 4 members (excludes halogenated alkanes) is 2. The summed E-state index contributed by atoms with van der Waals surface area (Å²) in [7, 11) is 0. The fourth-order valence-electron chi connectivity index (χ4n) is 3.01. The Hall–Kier alpha value is -0.570. The maximum absolute atomic E-state index is 12.5. The van der Waals surface area contributed by atoms with Crippen LogP contribution in [0.1, 0.15) is 65.7 Å². The fourth-order valence-corrected chi connectivity index (χ4v) is 3.01. The summed E-state index contributed by atoms with van der Waals surface area (Å²) in [6.07, 6.45) is 7.35. The molecule has 1 heterocycles. The number of carbonyl (C=O) groups is 1.